The van der Waals surface area contributed by atoms with Crippen molar-refractivity contribution in [1.29, 1.82) is 0 Å². The van der Waals surface area contributed by atoms with Gasteiger partial charge in [0, 0.05) is 13.6 Å². The van der Waals surface area contributed by atoms with Gasteiger partial charge in [-0.3, -0.25) is 4.79 Å². The van der Waals surface area contributed by atoms with E-state index in [2.05, 4.69) is 10.3 Å². The number of aromatic nitrogens is 2. The number of nitrogens with zero attached hydrogens (tertiary/aromatic N) is 2. The maximum Gasteiger partial charge on any atom is 0.269 e. The number of imidazole rings is 1. The average Bonchev–Trinajstić information content (AvgIpc) is 2.61. The molecule has 1 heterocycles. The monoisotopic (exact) mass is 225 g/mol. The van der Waals surface area contributed by atoms with Crippen LogP contribution in [-0.2, 0) is 7.05 Å². The predicted octanol–water partition coefficient (Wildman–Crippen LogP) is 0.701. The van der Waals surface area contributed by atoms with E-state index in [1.165, 1.54) is 6.20 Å². The van der Waals surface area contributed by atoms with Crippen LogP contribution in [0.5, 0.6) is 0 Å². The van der Waals surface area contributed by atoms with Crippen LogP contribution >= 0.6 is 0 Å². The van der Waals surface area contributed by atoms with E-state index in [-0.39, 0.29) is 12.5 Å². The summed E-state index contributed by atoms with van der Waals surface area (Å²) < 4.78 is 1.64. The molecule has 0 aromatic carbocycles. The van der Waals surface area contributed by atoms with Gasteiger partial charge in [-0.05, 0) is 13.3 Å². The molecule has 0 saturated carbocycles. The molecule has 16 heavy (non-hydrogen) atoms. The third-order valence-electron chi connectivity index (χ3n) is 2.47. The molecule has 1 aromatic heterocycles. The van der Waals surface area contributed by atoms with E-state index < -0.39 is 5.60 Å². The van der Waals surface area contributed by atoms with Crippen LogP contribution in [0, 0.1) is 0 Å². The molecule has 0 aliphatic carbocycles. The Morgan fingerprint density at radius 1 is 1.69 bits per heavy atom. The number of rotatable bonds is 5. The van der Waals surface area contributed by atoms with Gasteiger partial charge in [0.1, 0.15) is 5.69 Å². The van der Waals surface area contributed by atoms with Crippen LogP contribution in [-0.4, -0.2) is 32.7 Å². The summed E-state index contributed by atoms with van der Waals surface area (Å²) in [5.74, 6) is -0.212. The molecule has 5 nitrogen and oxygen atoms in total. The molecule has 1 unspecified atom stereocenters. The first-order valence-electron chi connectivity index (χ1n) is 5.43. The Labute approximate surface area is 95.5 Å². The fraction of sp³-hybridized carbons (Fsp3) is 0.636. The van der Waals surface area contributed by atoms with Crippen molar-refractivity contribution in [2.75, 3.05) is 6.54 Å². The number of carbonyl (C=O) groups is 1. The molecule has 0 radical (unpaired) electrons. The van der Waals surface area contributed by atoms with Gasteiger partial charge < -0.3 is 15.0 Å². The first-order chi connectivity index (χ1) is 7.46. The Kier molecular flexibility index (Phi) is 4.06. The molecule has 1 amide bonds. The second kappa shape index (κ2) is 5.12. The van der Waals surface area contributed by atoms with E-state index >= 15 is 0 Å². The fourth-order valence-corrected chi connectivity index (χ4v) is 1.56. The van der Waals surface area contributed by atoms with Crippen LogP contribution in [0.1, 0.15) is 37.2 Å². The number of aliphatic hydroxyl groups is 1. The Morgan fingerprint density at radius 2 is 2.38 bits per heavy atom. The Balaban J connectivity index is 2.51. The van der Waals surface area contributed by atoms with Crippen molar-refractivity contribution < 1.29 is 9.90 Å². The molecule has 2 N–H and O–H groups in total. The third kappa shape index (κ3) is 3.34. The molecule has 0 bridgehead atoms. The topological polar surface area (TPSA) is 67.2 Å². The molecular weight excluding hydrogens is 206 g/mol. The van der Waals surface area contributed by atoms with E-state index in [4.69, 9.17) is 0 Å². The van der Waals surface area contributed by atoms with Crippen LogP contribution in [0.2, 0.25) is 0 Å². The summed E-state index contributed by atoms with van der Waals surface area (Å²) in [6, 6.07) is 0. The molecule has 90 valence electrons. The standard InChI is InChI=1S/C11H19N3O2/c1-4-5-11(2,16)7-13-10(15)9-6-12-8-14(9)3/h6,8,16H,4-5,7H2,1-3H3,(H,13,15). The van der Waals surface area contributed by atoms with E-state index in [1.807, 2.05) is 6.92 Å². The molecule has 0 aliphatic heterocycles. The number of carbonyl (C=O) groups excluding carboxylic acids is 1. The lowest BCUT2D eigenvalue weighted by Gasteiger charge is -2.22. The highest BCUT2D eigenvalue weighted by molar-refractivity contribution is 5.92. The summed E-state index contributed by atoms with van der Waals surface area (Å²) in [5.41, 5.74) is -0.351. The average molecular weight is 225 g/mol. The van der Waals surface area contributed by atoms with Gasteiger partial charge in [-0.2, -0.15) is 0 Å². The summed E-state index contributed by atoms with van der Waals surface area (Å²) in [4.78, 5) is 15.6. The lowest BCUT2D eigenvalue weighted by molar-refractivity contribution is 0.0467. The van der Waals surface area contributed by atoms with Crippen molar-refractivity contribution >= 4 is 5.91 Å². The normalized spacial score (nSPS) is 14.5. The minimum absolute atomic E-state index is 0.212. The van der Waals surface area contributed by atoms with Crippen LogP contribution in [0.15, 0.2) is 12.5 Å². The van der Waals surface area contributed by atoms with Gasteiger partial charge in [0.2, 0.25) is 0 Å². The smallest absolute Gasteiger partial charge is 0.269 e. The predicted molar refractivity (Wildman–Crippen MR) is 61.1 cm³/mol. The molecule has 1 atom stereocenters. The summed E-state index contributed by atoms with van der Waals surface area (Å²) >= 11 is 0. The molecule has 0 fully saturated rings. The third-order valence-corrected chi connectivity index (χ3v) is 2.47. The molecule has 0 aliphatic rings. The van der Waals surface area contributed by atoms with E-state index in [1.54, 1.807) is 24.9 Å². The van der Waals surface area contributed by atoms with Gasteiger partial charge in [-0.15, -0.1) is 0 Å². The van der Waals surface area contributed by atoms with Crippen molar-refractivity contribution in [3.63, 3.8) is 0 Å². The zero-order chi connectivity index (χ0) is 12.2. The van der Waals surface area contributed by atoms with E-state index in [0.717, 1.165) is 6.42 Å². The van der Waals surface area contributed by atoms with Gasteiger partial charge >= 0.3 is 0 Å². The lowest BCUT2D eigenvalue weighted by Crippen LogP contribution is -2.40. The maximum atomic E-state index is 11.7. The molecule has 0 saturated heterocycles. The Hall–Kier alpha value is -1.36. The minimum Gasteiger partial charge on any atom is -0.388 e. The van der Waals surface area contributed by atoms with Crippen LogP contribution < -0.4 is 5.32 Å². The molecule has 5 heteroatoms. The summed E-state index contributed by atoms with van der Waals surface area (Å²) in [7, 11) is 1.76. The number of nitrogens with one attached hydrogen (secondary N) is 1. The molecule has 1 aromatic rings. The number of hydrogen-bond donors (Lipinski definition) is 2. The fourth-order valence-electron chi connectivity index (χ4n) is 1.56. The summed E-state index contributed by atoms with van der Waals surface area (Å²) in [5, 5.41) is 12.6. The highest BCUT2D eigenvalue weighted by atomic mass is 16.3. The second-order valence-corrected chi connectivity index (χ2v) is 4.32. The van der Waals surface area contributed by atoms with Gasteiger partial charge in [-0.25, -0.2) is 4.98 Å². The van der Waals surface area contributed by atoms with Crippen molar-refractivity contribution in [2.24, 2.45) is 7.05 Å². The van der Waals surface area contributed by atoms with E-state index in [9.17, 15) is 9.90 Å². The minimum atomic E-state index is -0.844. The van der Waals surface area contributed by atoms with E-state index in [0.29, 0.717) is 12.1 Å². The Morgan fingerprint density at radius 3 is 2.88 bits per heavy atom. The lowest BCUT2D eigenvalue weighted by atomic mass is 10.0. The van der Waals surface area contributed by atoms with Crippen molar-refractivity contribution in [2.45, 2.75) is 32.3 Å². The second-order valence-electron chi connectivity index (χ2n) is 4.32. The first kappa shape index (κ1) is 12.7. The van der Waals surface area contributed by atoms with Crippen LogP contribution in [0.4, 0.5) is 0 Å². The zero-order valence-electron chi connectivity index (χ0n) is 10.0. The quantitative estimate of drug-likeness (QED) is 0.775. The van der Waals surface area contributed by atoms with Crippen molar-refractivity contribution in [3.05, 3.63) is 18.2 Å². The highest BCUT2D eigenvalue weighted by Crippen LogP contribution is 2.10. The zero-order valence-corrected chi connectivity index (χ0v) is 10.0. The van der Waals surface area contributed by atoms with Gasteiger partial charge in [-0.1, -0.05) is 13.3 Å². The van der Waals surface area contributed by atoms with Gasteiger partial charge in [0.05, 0.1) is 18.1 Å². The number of aryl methyl sites for hydroxylation is 1. The van der Waals surface area contributed by atoms with Gasteiger partial charge in [0.15, 0.2) is 0 Å². The Bertz CT molecular complexity index is 358. The summed E-state index contributed by atoms with van der Waals surface area (Å²) in [6.07, 6.45) is 4.62. The van der Waals surface area contributed by atoms with Crippen molar-refractivity contribution in [3.8, 4) is 0 Å². The highest BCUT2D eigenvalue weighted by Gasteiger charge is 2.20. The number of hydrogen-bond acceptors (Lipinski definition) is 3. The molecule has 0 spiro atoms. The van der Waals surface area contributed by atoms with Gasteiger partial charge in [0.25, 0.3) is 5.91 Å². The van der Waals surface area contributed by atoms with Crippen LogP contribution in [0.25, 0.3) is 0 Å². The maximum absolute atomic E-state index is 11.7. The number of amides is 1. The summed E-state index contributed by atoms with van der Waals surface area (Å²) in [6.45, 7) is 3.97. The largest absolute Gasteiger partial charge is 0.388 e. The van der Waals surface area contributed by atoms with Crippen molar-refractivity contribution in [1.82, 2.24) is 14.9 Å². The SMILES string of the molecule is CCCC(C)(O)CNC(=O)c1cncn1C. The molecular formula is C11H19N3O2. The molecule has 1 rings (SSSR count). The van der Waals surface area contributed by atoms with Crippen LogP contribution in [0.3, 0.4) is 0 Å². The first-order valence-corrected chi connectivity index (χ1v) is 5.43.